The number of rotatable bonds is 6. The Bertz CT molecular complexity index is 593. The molecule has 2 amide bonds. The number of likely N-dealkylation sites (tertiary alicyclic amines) is 1. The van der Waals surface area contributed by atoms with Crippen molar-refractivity contribution in [2.45, 2.75) is 46.1 Å². The maximum atomic E-state index is 12.5. The van der Waals surface area contributed by atoms with Crippen LogP contribution in [0.1, 0.15) is 56.6 Å². The summed E-state index contributed by atoms with van der Waals surface area (Å²) in [5.74, 6) is -0.0883. The second-order valence-electron chi connectivity index (χ2n) is 7.71. The van der Waals surface area contributed by atoms with Gasteiger partial charge in [0.15, 0.2) is 5.69 Å². The van der Waals surface area contributed by atoms with Crippen molar-refractivity contribution in [2.75, 3.05) is 33.4 Å². The zero-order chi connectivity index (χ0) is 18.4. The summed E-state index contributed by atoms with van der Waals surface area (Å²) in [5, 5.41) is 10.8. The Balaban J connectivity index is 1.95. The number of ether oxygens (including phenoxy) is 1. The summed E-state index contributed by atoms with van der Waals surface area (Å²) in [4.78, 5) is 26.4. The van der Waals surface area contributed by atoms with Gasteiger partial charge in [-0.15, -0.1) is 5.10 Å². The number of aromatic nitrogens is 3. The van der Waals surface area contributed by atoms with E-state index >= 15 is 0 Å². The van der Waals surface area contributed by atoms with Crippen LogP contribution in [0.25, 0.3) is 0 Å². The van der Waals surface area contributed by atoms with Crippen molar-refractivity contribution >= 4 is 11.8 Å². The van der Waals surface area contributed by atoms with E-state index in [0.29, 0.717) is 26.1 Å². The molecule has 0 saturated carbocycles. The van der Waals surface area contributed by atoms with Gasteiger partial charge < -0.3 is 15.0 Å². The van der Waals surface area contributed by atoms with Gasteiger partial charge in [-0.1, -0.05) is 26.0 Å². The second-order valence-corrected chi connectivity index (χ2v) is 7.71. The third-order valence-corrected chi connectivity index (χ3v) is 4.14. The van der Waals surface area contributed by atoms with Gasteiger partial charge in [-0.2, -0.15) is 0 Å². The standard InChI is InChI=1S/C17H29N5O3/c1-17(2,3)10-15(23)21-8-5-6-13(11-21)22-12-14(19-20-22)16(24)18-7-9-25-4/h12-13H,5-11H2,1-4H3,(H,18,24)/t13-/m0/s1. The van der Waals surface area contributed by atoms with Crippen LogP contribution in [0.4, 0.5) is 0 Å². The number of nitrogens with zero attached hydrogens (tertiary/aromatic N) is 4. The lowest BCUT2D eigenvalue weighted by Gasteiger charge is -2.34. The van der Waals surface area contributed by atoms with Crippen molar-refractivity contribution in [2.24, 2.45) is 5.41 Å². The zero-order valence-electron chi connectivity index (χ0n) is 15.6. The van der Waals surface area contributed by atoms with E-state index in [9.17, 15) is 9.59 Å². The Morgan fingerprint density at radius 1 is 1.40 bits per heavy atom. The molecule has 1 aromatic heterocycles. The Morgan fingerprint density at radius 3 is 2.84 bits per heavy atom. The molecule has 1 N–H and O–H groups in total. The number of methoxy groups -OCH3 is 1. The summed E-state index contributed by atoms with van der Waals surface area (Å²) >= 11 is 0. The van der Waals surface area contributed by atoms with E-state index in [2.05, 4.69) is 36.4 Å². The molecule has 0 unspecified atom stereocenters. The molecule has 8 nitrogen and oxygen atoms in total. The van der Waals surface area contributed by atoms with Crippen molar-refractivity contribution in [3.05, 3.63) is 11.9 Å². The van der Waals surface area contributed by atoms with E-state index in [0.717, 1.165) is 19.4 Å². The molecule has 0 bridgehead atoms. The van der Waals surface area contributed by atoms with E-state index in [1.54, 1.807) is 18.0 Å². The minimum atomic E-state index is -0.264. The van der Waals surface area contributed by atoms with Gasteiger partial charge in [-0.05, 0) is 18.3 Å². The second kappa shape index (κ2) is 8.42. The first-order valence-corrected chi connectivity index (χ1v) is 8.77. The van der Waals surface area contributed by atoms with Gasteiger partial charge >= 0.3 is 0 Å². The molecule has 0 radical (unpaired) electrons. The molecule has 140 valence electrons. The van der Waals surface area contributed by atoms with E-state index in [1.807, 2.05) is 4.90 Å². The van der Waals surface area contributed by atoms with E-state index in [-0.39, 0.29) is 29.0 Å². The summed E-state index contributed by atoms with van der Waals surface area (Å²) in [6.45, 7) is 8.48. The number of carbonyl (C=O) groups excluding carboxylic acids is 2. The monoisotopic (exact) mass is 351 g/mol. The zero-order valence-corrected chi connectivity index (χ0v) is 15.6. The molecule has 1 atom stereocenters. The topological polar surface area (TPSA) is 89.4 Å². The van der Waals surface area contributed by atoms with Crippen molar-refractivity contribution in [1.29, 1.82) is 0 Å². The molecule has 8 heteroatoms. The maximum Gasteiger partial charge on any atom is 0.273 e. The number of hydrogen-bond donors (Lipinski definition) is 1. The molecule has 0 aromatic carbocycles. The summed E-state index contributed by atoms with van der Waals surface area (Å²) < 4.78 is 6.61. The number of hydrogen-bond acceptors (Lipinski definition) is 5. The predicted molar refractivity (Wildman–Crippen MR) is 93.2 cm³/mol. The van der Waals surface area contributed by atoms with Crippen molar-refractivity contribution < 1.29 is 14.3 Å². The van der Waals surface area contributed by atoms with E-state index in [1.165, 1.54) is 0 Å². The van der Waals surface area contributed by atoms with Crippen LogP contribution in [0.5, 0.6) is 0 Å². The molecule has 1 fully saturated rings. The highest BCUT2D eigenvalue weighted by atomic mass is 16.5. The quantitative estimate of drug-likeness (QED) is 0.779. The van der Waals surface area contributed by atoms with Gasteiger partial charge in [0, 0.05) is 33.2 Å². The number of amides is 2. The highest BCUT2D eigenvalue weighted by molar-refractivity contribution is 5.91. The lowest BCUT2D eigenvalue weighted by molar-refractivity contribution is -0.134. The average Bonchev–Trinajstić information content (AvgIpc) is 3.03. The molecule has 1 aliphatic rings. The Kier molecular flexibility index (Phi) is 6.52. The summed E-state index contributed by atoms with van der Waals surface area (Å²) in [6, 6.07) is 0.0608. The van der Waals surface area contributed by atoms with Gasteiger partial charge in [0.2, 0.25) is 5.91 Å². The van der Waals surface area contributed by atoms with Crippen LogP contribution in [0, 0.1) is 5.41 Å². The lowest BCUT2D eigenvalue weighted by atomic mass is 9.91. The maximum absolute atomic E-state index is 12.5. The molecule has 25 heavy (non-hydrogen) atoms. The van der Waals surface area contributed by atoms with Crippen LogP contribution >= 0.6 is 0 Å². The molecule has 1 saturated heterocycles. The summed E-state index contributed by atoms with van der Waals surface area (Å²) in [6.07, 6.45) is 4.04. The Hall–Kier alpha value is -1.96. The fourth-order valence-electron chi connectivity index (χ4n) is 2.88. The Labute approximate surface area is 148 Å². The van der Waals surface area contributed by atoms with Gasteiger partial charge in [-0.25, -0.2) is 4.68 Å². The van der Waals surface area contributed by atoms with Crippen molar-refractivity contribution in [3.8, 4) is 0 Å². The molecule has 1 aliphatic heterocycles. The van der Waals surface area contributed by atoms with Gasteiger partial charge in [-0.3, -0.25) is 9.59 Å². The minimum Gasteiger partial charge on any atom is -0.383 e. The van der Waals surface area contributed by atoms with Crippen molar-refractivity contribution in [3.63, 3.8) is 0 Å². The Morgan fingerprint density at radius 2 is 2.16 bits per heavy atom. The highest BCUT2D eigenvalue weighted by Gasteiger charge is 2.28. The lowest BCUT2D eigenvalue weighted by Crippen LogP contribution is -2.42. The fourth-order valence-corrected chi connectivity index (χ4v) is 2.88. The molecule has 0 aliphatic carbocycles. The number of nitrogens with one attached hydrogen (secondary N) is 1. The molecule has 2 rings (SSSR count). The van der Waals surface area contributed by atoms with Crippen LogP contribution in [-0.2, 0) is 9.53 Å². The van der Waals surface area contributed by atoms with Crippen LogP contribution in [0.2, 0.25) is 0 Å². The van der Waals surface area contributed by atoms with Crippen LogP contribution in [0.3, 0.4) is 0 Å². The third kappa shape index (κ3) is 5.81. The molecular weight excluding hydrogens is 322 g/mol. The molecular formula is C17H29N5O3. The minimum absolute atomic E-state index is 0.0231. The normalized spacial score (nSPS) is 18.2. The first kappa shape index (κ1) is 19.4. The van der Waals surface area contributed by atoms with E-state index in [4.69, 9.17) is 4.74 Å². The number of carbonyl (C=O) groups is 2. The smallest absolute Gasteiger partial charge is 0.273 e. The third-order valence-electron chi connectivity index (χ3n) is 4.14. The van der Waals surface area contributed by atoms with E-state index < -0.39 is 0 Å². The summed E-state index contributed by atoms with van der Waals surface area (Å²) in [7, 11) is 1.58. The van der Waals surface area contributed by atoms with Gasteiger partial charge in [0.1, 0.15) is 0 Å². The van der Waals surface area contributed by atoms with Crippen LogP contribution < -0.4 is 5.32 Å². The molecule has 2 heterocycles. The van der Waals surface area contributed by atoms with Crippen LogP contribution in [-0.4, -0.2) is 65.1 Å². The summed E-state index contributed by atoms with van der Waals surface area (Å²) in [5.41, 5.74) is 0.263. The first-order valence-electron chi connectivity index (χ1n) is 8.77. The SMILES string of the molecule is COCCNC(=O)c1cn([C@H]2CCCN(C(=O)CC(C)(C)C)C2)nn1. The van der Waals surface area contributed by atoms with Crippen LogP contribution in [0.15, 0.2) is 6.20 Å². The molecule has 1 aromatic rings. The van der Waals surface area contributed by atoms with Crippen molar-refractivity contribution in [1.82, 2.24) is 25.2 Å². The largest absolute Gasteiger partial charge is 0.383 e. The van der Waals surface area contributed by atoms with Gasteiger partial charge in [0.25, 0.3) is 5.91 Å². The fraction of sp³-hybridized carbons (Fsp3) is 0.765. The highest BCUT2D eigenvalue weighted by Crippen LogP contribution is 2.25. The first-order chi connectivity index (χ1) is 11.8. The average molecular weight is 351 g/mol. The number of piperidine rings is 1. The predicted octanol–water partition coefficient (Wildman–Crippen LogP) is 1.25. The van der Waals surface area contributed by atoms with Gasteiger partial charge in [0.05, 0.1) is 18.8 Å². The molecule has 0 spiro atoms.